The maximum absolute atomic E-state index is 13.7. The van der Waals surface area contributed by atoms with Crippen LogP contribution in [-0.4, -0.2) is 47.1 Å². The molecule has 1 N–H and O–H groups in total. The number of ether oxygens (including phenoxy) is 3. The number of nitrogens with one attached hydrogen (secondary N) is 1. The summed E-state index contributed by atoms with van der Waals surface area (Å²) >= 11 is 2.33. The van der Waals surface area contributed by atoms with Gasteiger partial charge in [0.05, 0.1) is 24.3 Å². The predicted octanol–water partition coefficient (Wildman–Crippen LogP) is 3.73. The van der Waals surface area contributed by atoms with Crippen LogP contribution in [0.2, 0.25) is 0 Å². The fourth-order valence-corrected chi connectivity index (χ4v) is 5.59. The number of hydrogen-bond donors (Lipinski definition) is 1. The molecule has 0 unspecified atom stereocenters. The van der Waals surface area contributed by atoms with Gasteiger partial charge in [0, 0.05) is 6.54 Å². The van der Waals surface area contributed by atoms with Crippen molar-refractivity contribution in [1.29, 1.82) is 0 Å². The number of amides is 1. The van der Waals surface area contributed by atoms with E-state index in [4.69, 9.17) is 19.2 Å². The number of esters is 1. The summed E-state index contributed by atoms with van der Waals surface area (Å²) in [5, 5.41) is 3.67. The lowest BCUT2D eigenvalue weighted by Gasteiger charge is -2.13. The number of thioether (sulfide) groups is 1. The number of rotatable bonds is 10. The van der Waals surface area contributed by atoms with Gasteiger partial charge in [0.1, 0.15) is 9.71 Å². The number of carbonyl (C=O) groups excluding carboxylic acids is 2. The first-order valence-corrected chi connectivity index (χ1v) is 13.2. The Kier molecular flexibility index (Phi) is 7.97. The first-order valence-electron chi connectivity index (χ1n) is 11.4. The Morgan fingerprint density at radius 1 is 1.26 bits per heavy atom. The zero-order valence-electron chi connectivity index (χ0n) is 19.8. The summed E-state index contributed by atoms with van der Waals surface area (Å²) in [4.78, 5) is 43.9. The highest BCUT2D eigenvalue weighted by Crippen LogP contribution is 2.34. The lowest BCUT2D eigenvalue weighted by molar-refractivity contribution is -0.118. The van der Waals surface area contributed by atoms with Crippen molar-refractivity contribution in [2.75, 3.05) is 25.7 Å². The van der Waals surface area contributed by atoms with Crippen molar-refractivity contribution in [2.45, 2.75) is 45.3 Å². The highest BCUT2D eigenvalue weighted by molar-refractivity contribution is 7.99. The van der Waals surface area contributed by atoms with E-state index in [1.165, 1.54) is 11.8 Å². The van der Waals surface area contributed by atoms with Crippen LogP contribution in [0.15, 0.2) is 28.2 Å². The quantitative estimate of drug-likeness (QED) is 0.188. The number of benzene rings is 1. The minimum absolute atomic E-state index is 0.123. The van der Waals surface area contributed by atoms with E-state index in [1.54, 1.807) is 24.5 Å². The maximum Gasteiger partial charge on any atom is 0.348 e. The summed E-state index contributed by atoms with van der Waals surface area (Å²) in [6.45, 7) is 6.75. The van der Waals surface area contributed by atoms with Crippen molar-refractivity contribution >= 4 is 45.2 Å². The van der Waals surface area contributed by atoms with Crippen LogP contribution in [0, 0.1) is 6.92 Å². The van der Waals surface area contributed by atoms with Crippen molar-refractivity contribution in [3.05, 3.63) is 44.6 Å². The molecule has 186 valence electrons. The van der Waals surface area contributed by atoms with E-state index < -0.39 is 5.97 Å². The third-order valence-electron chi connectivity index (χ3n) is 5.44. The Hall–Kier alpha value is -3.05. The van der Waals surface area contributed by atoms with Crippen LogP contribution in [-0.2, 0) is 16.1 Å². The van der Waals surface area contributed by atoms with Crippen LogP contribution in [0.1, 0.15) is 47.5 Å². The van der Waals surface area contributed by atoms with Gasteiger partial charge in [0.15, 0.2) is 16.7 Å². The van der Waals surface area contributed by atoms with Gasteiger partial charge in [-0.05, 0) is 43.5 Å². The lowest BCUT2D eigenvalue weighted by Crippen LogP contribution is -2.28. The van der Waals surface area contributed by atoms with Crippen LogP contribution in [0.5, 0.6) is 11.5 Å². The standard InChI is InChI=1S/C24H27N3O6S2/c1-4-6-9-25-18(28)12-34-24-26-21-19(14(3)20(35-21)23(30)31-5-2)22(29)27(24)11-15-7-8-16-17(10-15)33-13-32-16/h7-8,10H,4-6,9,11-13H2,1-3H3,(H,25,28). The molecule has 3 heterocycles. The van der Waals surface area contributed by atoms with Gasteiger partial charge in [-0.15, -0.1) is 11.3 Å². The number of hydrogen-bond acceptors (Lipinski definition) is 9. The van der Waals surface area contributed by atoms with E-state index in [1.807, 2.05) is 12.1 Å². The van der Waals surface area contributed by atoms with Gasteiger partial charge in [-0.2, -0.15) is 0 Å². The molecule has 0 saturated carbocycles. The van der Waals surface area contributed by atoms with Crippen LogP contribution in [0.4, 0.5) is 0 Å². The van der Waals surface area contributed by atoms with Gasteiger partial charge >= 0.3 is 5.97 Å². The molecule has 3 aromatic rings. The molecule has 0 fully saturated rings. The molecule has 4 rings (SSSR count). The van der Waals surface area contributed by atoms with E-state index in [2.05, 4.69) is 12.2 Å². The number of aryl methyl sites for hydroxylation is 1. The first-order chi connectivity index (χ1) is 16.9. The SMILES string of the molecule is CCCCNC(=O)CSc1nc2sc(C(=O)OCC)c(C)c2c(=O)n1Cc1ccc2c(c1)OCO2. The average molecular weight is 518 g/mol. The molecule has 0 aliphatic carbocycles. The molecule has 0 radical (unpaired) electrons. The van der Waals surface area contributed by atoms with Gasteiger partial charge in [-0.3, -0.25) is 14.2 Å². The Morgan fingerprint density at radius 3 is 2.83 bits per heavy atom. The average Bonchev–Trinajstić information content (AvgIpc) is 3.44. The van der Waals surface area contributed by atoms with Crippen LogP contribution >= 0.6 is 23.1 Å². The Labute approximate surface area is 210 Å². The second-order valence-electron chi connectivity index (χ2n) is 7.92. The van der Waals surface area contributed by atoms with Gasteiger partial charge in [-0.25, -0.2) is 9.78 Å². The molecule has 0 atom stereocenters. The van der Waals surface area contributed by atoms with E-state index in [0.717, 1.165) is 29.7 Å². The first kappa shape index (κ1) is 25.1. The molecule has 35 heavy (non-hydrogen) atoms. The van der Waals surface area contributed by atoms with E-state index in [0.29, 0.717) is 43.9 Å². The van der Waals surface area contributed by atoms with Crippen LogP contribution in [0.3, 0.4) is 0 Å². The Bertz CT molecular complexity index is 1320. The molecule has 0 bridgehead atoms. The summed E-state index contributed by atoms with van der Waals surface area (Å²) in [7, 11) is 0. The predicted molar refractivity (Wildman–Crippen MR) is 135 cm³/mol. The second kappa shape index (κ2) is 11.1. The summed E-state index contributed by atoms with van der Waals surface area (Å²) in [5.74, 6) is 0.796. The smallest absolute Gasteiger partial charge is 0.348 e. The van der Waals surface area contributed by atoms with Gasteiger partial charge < -0.3 is 19.5 Å². The van der Waals surface area contributed by atoms with Crippen molar-refractivity contribution < 1.29 is 23.8 Å². The molecular weight excluding hydrogens is 490 g/mol. The summed E-state index contributed by atoms with van der Waals surface area (Å²) in [6, 6.07) is 5.49. The third kappa shape index (κ3) is 5.46. The van der Waals surface area contributed by atoms with Crippen molar-refractivity contribution in [1.82, 2.24) is 14.9 Å². The third-order valence-corrected chi connectivity index (χ3v) is 7.58. The Balaban J connectivity index is 1.71. The highest BCUT2D eigenvalue weighted by Gasteiger charge is 2.23. The van der Waals surface area contributed by atoms with E-state index in [-0.39, 0.29) is 37.2 Å². The molecule has 1 aliphatic rings. The van der Waals surface area contributed by atoms with E-state index >= 15 is 0 Å². The topological polar surface area (TPSA) is 109 Å². The number of nitrogens with zero attached hydrogens (tertiary/aromatic N) is 2. The molecule has 9 nitrogen and oxygen atoms in total. The number of unbranched alkanes of at least 4 members (excludes halogenated alkanes) is 1. The lowest BCUT2D eigenvalue weighted by atomic mass is 10.2. The Morgan fingerprint density at radius 2 is 2.06 bits per heavy atom. The number of aromatic nitrogens is 2. The number of fused-ring (bicyclic) bond motifs is 2. The molecule has 1 aromatic carbocycles. The van der Waals surface area contributed by atoms with Crippen LogP contribution < -0.4 is 20.3 Å². The summed E-state index contributed by atoms with van der Waals surface area (Å²) < 4.78 is 17.5. The maximum atomic E-state index is 13.7. The van der Waals surface area contributed by atoms with Gasteiger partial charge in [0.25, 0.3) is 5.56 Å². The van der Waals surface area contributed by atoms with Crippen molar-refractivity contribution in [2.24, 2.45) is 0 Å². The fraction of sp³-hybridized carbons (Fsp3) is 0.417. The number of carbonyl (C=O) groups is 2. The monoisotopic (exact) mass is 517 g/mol. The second-order valence-corrected chi connectivity index (χ2v) is 9.86. The molecule has 2 aromatic heterocycles. The largest absolute Gasteiger partial charge is 0.462 e. The molecule has 1 aliphatic heterocycles. The normalized spacial score (nSPS) is 12.2. The van der Waals surface area contributed by atoms with Crippen LogP contribution in [0.25, 0.3) is 10.2 Å². The highest BCUT2D eigenvalue weighted by atomic mass is 32.2. The van der Waals surface area contributed by atoms with E-state index in [9.17, 15) is 14.4 Å². The molecule has 1 amide bonds. The zero-order chi connectivity index (χ0) is 24.9. The van der Waals surface area contributed by atoms with Crippen molar-refractivity contribution in [3.8, 4) is 11.5 Å². The summed E-state index contributed by atoms with van der Waals surface area (Å²) in [5.41, 5.74) is 1.10. The molecule has 0 saturated heterocycles. The number of thiophene rings is 1. The van der Waals surface area contributed by atoms with Gasteiger partial charge in [-0.1, -0.05) is 31.2 Å². The zero-order valence-corrected chi connectivity index (χ0v) is 21.5. The minimum Gasteiger partial charge on any atom is -0.462 e. The molecule has 0 spiro atoms. The minimum atomic E-state index is -0.473. The molecule has 11 heteroatoms. The van der Waals surface area contributed by atoms with Gasteiger partial charge in [0.2, 0.25) is 12.7 Å². The fourth-order valence-electron chi connectivity index (χ4n) is 3.65. The molecular formula is C24H27N3O6S2. The van der Waals surface area contributed by atoms with Crippen molar-refractivity contribution in [3.63, 3.8) is 0 Å². The summed E-state index contributed by atoms with van der Waals surface area (Å²) in [6.07, 6.45) is 1.89.